The first-order chi connectivity index (χ1) is 9.52. The minimum atomic E-state index is -0.241. The van der Waals surface area contributed by atoms with Crippen LogP contribution in [0.4, 0.5) is 0 Å². The van der Waals surface area contributed by atoms with Gasteiger partial charge in [-0.3, -0.25) is 4.79 Å². The highest BCUT2D eigenvalue weighted by Gasteiger charge is 2.16. The van der Waals surface area contributed by atoms with Gasteiger partial charge in [-0.25, -0.2) is 0 Å². The topological polar surface area (TPSA) is 54.3 Å². The van der Waals surface area contributed by atoms with Crippen molar-refractivity contribution in [2.45, 2.75) is 33.4 Å². The molecule has 2 aromatic rings. The van der Waals surface area contributed by atoms with E-state index in [1.54, 1.807) is 6.92 Å². The molecule has 1 heterocycles. The summed E-state index contributed by atoms with van der Waals surface area (Å²) in [6.07, 6.45) is 1.91. The Morgan fingerprint density at radius 2 is 2.00 bits per heavy atom. The van der Waals surface area contributed by atoms with Crippen molar-refractivity contribution in [2.24, 2.45) is 5.92 Å². The number of para-hydroxylation sites is 1. The summed E-state index contributed by atoms with van der Waals surface area (Å²) in [5, 5.41) is 12.8. The van der Waals surface area contributed by atoms with Crippen molar-refractivity contribution in [3.63, 3.8) is 0 Å². The molecule has 0 saturated carbocycles. The smallest absolute Gasteiger partial charge is 0.253 e. The summed E-state index contributed by atoms with van der Waals surface area (Å²) < 4.78 is 2.12. The molecule has 0 aliphatic carbocycles. The second-order valence-electron chi connectivity index (χ2n) is 5.66. The first-order valence-electron chi connectivity index (χ1n) is 7.02. The Bertz CT molecular complexity index is 602. The predicted molar refractivity (Wildman–Crippen MR) is 80.8 cm³/mol. The monoisotopic (exact) mass is 274 g/mol. The molecule has 108 valence electrons. The van der Waals surface area contributed by atoms with Crippen molar-refractivity contribution in [1.82, 2.24) is 9.88 Å². The molecule has 1 atom stereocenters. The lowest BCUT2D eigenvalue weighted by molar-refractivity contribution is 0.0923. The molecule has 1 aromatic heterocycles. The number of benzene rings is 1. The number of amides is 1. The van der Waals surface area contributed by atoms with Crippen molar-refractivity contribution in [3.05, 3.63) is 36.0 Å². The van der Waals surface area contributed by atoms with Gasteiger partial charge in [0.05, 0.1) is 12.2 Å². The summed E-state index contributed by atoms with van der Waals surface area (Å²) >= 11 is 0. The van der Waals surface area contributed by atoms with Gasteiger partial charge in [-0.1, -0.05) is 32.0 Å². The number of carbonyl (C=O) groups is 1. The van der Waals surface area contributed by atoms with Crippen LogP contribution in [0.15, 0.2) is 30.5 Å². The summed E-state index contributed by atoms with van der Waals surface area (Å²) in [6, 6.07) is 7.68. The first-order valence-corrected chi connectivity index (χ1v) is 7.02. The second kappa shape index (κ2) is 6.09. The molecule has 1 unspecified atom stereocenters. The Morgan fingerprint density at radius 1 is 1.30 bits per heavy atom. The van der Waals surface area contributed by atoms with E-state index in [9.17, 15) is 4.79 Å². The summed E-state index contributed by atoms with van der Waals surface area (Å²) in [5.41, 5.74) is 1.74. The molecule has 0 aliphatic heterocycles. The number of aliphatic hydroxyl groups excluding tert-OH is 1. The molecule has 0 spiro atoms. The van der Waals surface area contributed by atoms with E-state index in [2.05, 4.69) is 23.7 Å². The zero-order valence-electron chi connectivity index (χ0n) is 12.3. The predicted octanol–water partition coefficient (Wildman–Crippen LogP) is 2.41. The maximum absolute atomic E-state index is 12.3. The fourth-order valence-corrected chi connectivity index (χ4v) is 2.32. The highest BCUT2D eigenvalue weighted by atomic mass is 16.3. The number of hydrogen-bond acceptors (Lipinski definition) is 2. The van der Waals surface area contributed by atoms with E-state index < -0.39 is 0 Å². The summed E-state index contributed by atoms with van der Waals surface area (Å²) in [5.74, 6) is 0.378. The molecule has 20 heavy (non-hydrogen) atoms. The molecule has 1 amide bonds. The highest BCUT2D eigenvalue weighted by Crippen LogP contribution is 2.22. The molecule has 0 saturated heterocycles. The number of nitrogens with one attached hydrogen (secondary N) is 1. The summed E-state index contributed by atoms with van der Waals surface area (Å²) in [4.78, 5) is 12.3. The third-order valence-electron chi connectivity index (χ3n) is 3.25. The van der Waals surface area contributed by atoms with Gasteiger partial charge >= 0.3 is 0 Å². The number of hydrogen-bond donors (Lipinski definition) is 2. The average molecular weight is 274 g/mol. The van der Waals surface area contributed by atoms with E-state index in [1.807, 2.05) is 30.5 Å². The Morgan fingerprint density at radius 3 is 2.65 bits per heavy atom. The van der Waals surface area contributed by atoms with E-state index in [4.69, 9.17) is 5.11 Å². The van der Waals surface area contributed by atoms with Crippen LogP contribution in [-0.2, 0) is 6.54 Å². The summed E-state index contributed by atoms with van der Waals surface area (Å²) in [6.45, 7) is 6.91. The molecule has 4 nitrogen and oxygen atoms in total. The average Bonchev–Trinajstić information content (AvgIpc) is 2.77. The fourth-order valence-electron chi connectivity index (χ4n) is 2.32. The zero-order chi connectivity index (χ0) is 14.7. The zero-order valence-corrected chi connectivity index (χ0v) is 12.3. The molecule has 0 fully saturated rings. The van der Waals surface area contributed by atoms with Gasteiger partial charge in [-0.05, 0) is 18.9 Å². The molecule has 0 radical (unpaired) electrons. The third-order valence-corrected chi connectivity index (χ3v) is 3.25. The molecular formula is C16H22N2O2. The molecule has 0 bridgehead atoms. The SMILES string of the molecule is CC(C)Cn1cc(C(=O)NC(C)CO)c2ccccc21. The number of carbonyl (C=O) groups excluding carboxylic acids is 1. The number of nitrogens with zero attached hydrogens (tertiary/aromatic N) is 1. The van der Waals surface area contributed by atoms with Gasteiger partial charge in [-0.2, -0.15) is 0 Å². The van der Waals surface area contributed by atoms with Crippen molar-refractivity contribution < 1.29 is 9.90 Å². The minimum Gasteiger partial charge on any atom is -0.394 e. The van der Waals surface area contributed by atoms with Gasteiger partial charge in [0.25, 0.3) is 5.91 Å². The lowest BCUT2D eigenvalue weighted by atomic mass is 10.1. The Kier molecular flexibility index (Phi) is 4.45. The minimum absolute atomic E-state index is 0.0592. The van der Waals surface area contributed by atoms with Crippen LogP contribution < -0.4 is 5.32 Å². The van der Waals surface area contributed by atoms with Gasteiger partial charge < -0.3 is 15.0 Å². The van der Waals surface area contributed by atoms with E-state index in [1.165, 1.54) is 0 Å². The molecule has 0 aliphatic rings. The van der Waals surface area contributed by atoms with Gasteiger partial charge in [-0.15, -0.1) is 0 Å². The Hall–Kier alpha value is -1.81. The quantitative estimate of drug-likeness (QED) is 0.879. The number of aliphatic hydroxyl groups is 1. The van der Waals surface area contributed by atoms with E-state index in [-0.39, 0.29) is 18.6 Å². The van der Waals surface area contributed by atoms with Crippen LogP contribution in [-0.4, -0.2) is 28.2 Å². The van der Waals surface area contributed by atoms with Crippen molar-refractivity contribution in [3.8, 4) is 0 Å². The largest absolute Gasteiger partial charge is 0.394 e. The molecular weight excluding hydrogens is 252 g/mol. The van der Waals surface area contributed by atoms with Gasteiger partial charge in [0.15, 0.2) is 0 Å². The van der Waals surface area contributed by atoms with Crippen LogP contribution >= 0.6 is 0 Å². The Balaban J connectivity index is 2.40. The van der Waals surface area contributed by atoms with Crippen molar-refractivity contribution in [1.29, 1.82) is 0 Å². The molecule has 1 aromatic carbocycles. The Labute approximate surface area is 119 Å². The molecule has 4 heteroatoms. The number of fused-ring (bicyclic) bond motifs is 1. The summed E-state index contributed by atoms with van der Waals surface area (Å²) in [7, 11) is 0. The maximum atomic E-state index is 12.3. The van der Waals surface area contributed by atoms with Gasteiger partial charge in [0.2, 0.25) is 0 Å². The van der Waals surface area contributed by atoms with Crippen LogP contribution in [0.5, 0.6) is 0 Å². The number of rotatable bonds is 5. The van der Waals surface area contributed by atoms with Gasteiger partial charge in [0, 0.05) is 29.7 Å². The molecule has 2 N–H and O–H groups in total. The van der Waals surface area contributed by atoms with Gasteiger partial charge in [0.1, 0.15) is 0 Å². The lowest BCUT2D eigenvalue weighted by Crippen LogP contribution is -2.34. The fraction of sp³-hybridized carbons (Fsp3) is 0.438. The van der Waals surface area contributed by atoms with Crippen LogP contribution in [0.3, 0.4) is 0 Å². The first kappa shape index (κ1) is 14.6. The maximum Gasteiger partial charge on any atom is 0.253 e. The van der Waals surface area contributed by atoms with Crippen LogP contribution in [0.1, 0.15) is 31.1 Å². The highest BCUT2D eigenvalue weighted by molar-refractivity contribution is 6.07. The van der Waals surface area contributed by atoms with Crippen LogP contribution in [0.2, 0.25) is 0 Å². The van der Waals surface area contributed by atoms with Crippen LogP contribution in [0, 0.1) is 5.92 Å². The number of aromatic nitrogens is 1. The lowest BCUT2D eigenvalue weighted by Gasteiger charge is -2.09. The van der Waals surface area contributed by atoms with Crippen molar-refractivity contribution >= 4 is 16.8 Å². The van der Waals surface area contributed by atoms with E-state index >= 15 is 0 Å². The van der Waals surface area contributed by atoms with Crippen LogP contribution in [0.25, 0.3) is 10.9 Å². The second-order valence-corrected chi connectivity index (χ2v) is 5.66. The third kappa shape index (κ3) is 3.02. The van der Waals surface area contributed by atoms with E-state index in [0.29, 0.717) is 11.5 Å². The normalized spacial score (nSPS) is 12.8. The van der Waals surface area contributed by atoms with E-state index in [0.717, 1.165) is 17.4 Å². The standard InChI is InChI=1S/C16H22N2O2/c1-11(2)8-18-9-14(16(20)17-12(3)10-19)13-6-4-5-7-15(13)18/h4-7,9,11-12,19H,8,10H2,1-3H3,(H,17,20). The molecule has 2 rings (SSSR count). The van der Waals surface area contributed by atoms with Crippen molar-refractivity contribution in [2.75, 3.05) is 6.61 Å².